The van der Waals surface area contributed by atoms with Gasteiger partial charge in [-0.2, -0.15) is 5.10 Å². The summed E-state index contributed by atoms with van der Waals surface area (Å²) < 4.78 is 32.7. The van der Waals surface area contributed by atoms with Crippen LogP contribution in [0.5, 0.6) is 5.75 Å². The fourth-order valence-electron chi connectivity index (χ4n) is 4.73. The average molecular weight is 493 g/mol. The standard InChI is InChI=1S/C28H23ClF2N2O2/c29-24-6-1-2-7-25(24)35-17-26(34)33-28(19-10-14-22(31)15-11-19)23-5-3-4-20(27(23)32-33)16-18-8-12-21(30)13-9-18/h1-2,6-16,23,28H,3-5,17H2/b20-16-/t23-,28+/m1/s1. The maximum absolute atomic E-state index is 13.7. The van der Waals surface area contributed by atoms with Gasteiger partial charge in [-0.3, -0.25) is 4.79 Å². The number of nitrogens with zero attached hydrogens (tertiary/aromatic N) is 2. The first-order valence-corrected chi connectivity index (χ1v) is 11.9. The lowest BCUT2D eigenvalue weighted by Gasteiger charge is -2.29. The van der Waals surface area contributed by atoms with Crippen LogP contribution in [0.3, 0.4) is 0 Å². The van der Waals surface area contributed by atoms with E-state index in [-0.39, 0.29) is 36.1 Å². The van der Waals surface area contributed by atoms with Gasteiger partial charge in [0.1, 0.15) is 17.4 Å². The van der Waals surface area contributed by atoms with Gasteiger partial charge in [-0.05, 0) is 78.4 Å². The monoisotopic (exact) mass is 492 g/mol. The summed E-state index contributed by atoms with van der Waals surface area (Å²) in [6.45, 7) is -0.234. The van der Waals surface area contributed by atoms with Crippen LogP contribution in [0.4, 0.5) is 8.78 Å². The van der Waals surface area contributed by atoms with E-state index in [1.165, 1.54) is 29.3 Å². The lowest BCUT2D eigenvalue weighted by atomic mass is 9.77. The Morgan fingerprint density at radius 2 is 1.71 bits per heavy atom. The molecule has 5 rings (SSSR count). The van der Waals surface area contributed by atoms with E-state index in [0.29, 0.717) is 10.8 Å². The Balaban J connectivity index is 1.47. The second-order valence-electron chi connectivity index (χ2n) is 8.66. The number of hydrogen-bond acceptors (Lipinski definition) is 3. The zero-order chi connectivity index (χ0) is 24.4. The van der Waals surface area contributed by atoms with Crippen molar-refractivity contribution in [3.8, 4) is 5.75 Å². The van der Waals surface area contributed by atoms with Gasteiger partial charge in [0, 0.05) is 5.92 Å². The van der Waals surface area contributed by atoms with Gasteiger partial charge in [0.05, 0.1) is 16.8 Å². The van der Waals surface area contributed by atoms with Crippen LogP contribution in [-0.2, 0) is 4.79 Å². The summed E-state index contributed by atoms with van der Waals surface area (Å²) in [5, 5.41) is 6.66. The molecule has 4 nitrogen and oxygen atoms in total. The Bertz CT molecular complexity index is 1290. The van der Waals surface area contributed by atoms with Crippen molar-refractivity contribution in [2.45, 2.75) is 25.3 Å². The normalized spacial score (nSPS) is 20.5. The summed E-state index contributed by atoms with van der Waals surface area (Å²) >= 11 is 6.17. The molecule has 0 radical (unpaired) electrons. The molecule has 178 valence electrons. The maximum atomic E-state index is 13.7. The van der Waals surface area contributed by atoms with Crippen molar-refractivity contribution < 1.29 is 18.3 Å². The highest BCUT2D eigenvalue weighted by Crippen LogP contribution is 2.44. The molecule has 0 unspecified atom stereocenters. The number of carbonyl (C=O) groups excluding carboxylic acids is 1. The van der Waals surface area contributed by atoms with Crippen molar-refractivity contribution >= 4 is 29.3 Å². The number of hydrazone groups is 1. The number of para-hydroxylation sites is 1. The first kappa shape index (κ1) is 23.2. The Kier molecular flexibility index (Phi) is 6.64. The molecule has 1 heterocycles. The summed E-state index contributed by atoms with van der Waals surface area (Å²) in [7, 11) is 0. The maximum Gasteiger partial charge on any atom is 0.281 e. The van der Waals surface area contributed by atoms with Crippen LogP contribution in [0.15, 0.2) is 83.5 Å². The third-order valence-electron chi connectivity index (χ3n) is 6.37. The Morgan fingerprint density at radius 3 is 2.43 bits per heavy atom. The number of halogens is 3. The van der Waals surface area contributed by atoms with Crippen molar-refractivity contribution in [3.63, 3.8) is 0 Å². The van der Waals surface area contributed by atoms with Crippen LogP contribution < -0.4 is 4.74 Å². The first-order valence-electron chi connectivity index (χ1n) is 11.5. The molecule has 0 aromatic heterocycles. The fraction of sp³-hybridized carbons (Fsp3) is 0.214. The molecule has 0 spiro atoms. The van der Waals surface area contributed by atoms with Gasteiger partial charge >= 0.3 is 0 Å². The molecule has 1 aliphatic carbocycles. The van der Waals surface area contributed by atoms with Crippen LogP contribution in [0.1, 0.15) is 36.4 Å². The molecule has 0 N–H and O–H groups in total. The molecular formula is C28H23ClF2N2O2. The Labute approximate surface area is 207 Å². The molecule has 1 saturated carbocycles. The van der Waals surface area contributed by atoms with Gasteiger partial charge in [-0.25, -0.2) is 13.8 Å². The van der Waals surface area contributed by atoms with Gasteiger partial charge < -0.3 is 4.74 Å². The number of allylic oxidation sites excluding steroid dienone is 1. The number of rotatable bonds is 5. The Morgan fingerprint density at radius 1 is 1.03 bits per heavy atom. The molecule has 1 amide bonds. The molecular weight excluding hydrogens is 470 g/mol. The van der Waals surface area contributed by atoms with Gasteiger partial charge in [0.25, 0.3) is 5.91 Å². The Hall–Kier alpha value is -3.51. The number of ether oxygens (including phenoxy) is 1. The molecule has 2 aliphatic rings. The van der Waals surface area contributed by atoms with E-state index in [2.05, 4.69) is 0 Å². The zero-order valence-corrected chi connectivity index (χ0v) is 19.6. The minimum Gasteiger partial charge on any atom is -0.482 e. The summed E-state index contributed by atoms with van der Waals surface area (Å²) in [5.41, 5.74) is 3.53. The highest BCUT2D eigenvalue weighted by Gasteiger charge is 2.43. The number of amides is 1. The minimum absolute atomic E-state index is 0.0369. The molecule has 0 saturated heterocycles. The third kappa shape index (κ3) is 4.98. The van der Waals surface area contributed by atoms with E-state index in [1.54, 1.807) is 48.5 Å². The van der Waals surface area contributed by atoms with Gasteiger partial charge in [0.2, 0.25) is 0 Å². The van der Waals surface area contributed by atoms with Crippen molar-refractivity contribution in [1.82, 2.24) is 5.01 Å². The lowest BCUT2D eigenvalue weighted by Crippen LogP contribution is -2.34. The molecule has 7 heteroatoms. The van der Waals surface area contributed by atoms with Gasteiger partial charge in [-0.1, -0.05) is 48.0 Å². The number of hydrogen-bond donors (Lipinski definition) is 0. The molecule has 35 heavy (non-hydrogen) atoms. The van der Waals surface area contributed by atoms with Crippen LogP contribution in [-0.4, -0.2) is 23.2 Å². The molecule has 1 fully saturated rings. The SMILES string of the molecule is O=C(COc1ccccc1Cl)N1N=C2/C(=C\c3ccc(F)cc3)CCC[C@H]2[C@@H]1c1ccc(F)cc1. The van der Waals surface area contributed by atoms with Crippen molar-refractivity contribution in [3.05, 3.63) is 106 Å². The number of fused-ring (bicyclic) bond motifs is 1. The third-order valence-corrected chi connectivity index (χ3v) is 6.68. The number of benzene rings is 3. The highest BCUT2D eigenvalue weighted by atomic mass is 35.5. The zero-order valence-electron chi connectivity index (χ0n) is 18.8. The van der Waals surface area contributed by atoms with Crippen molar-refractivity contribution in [2.75, 3.05) is 6.61 Å². The summed E-state index contributed by atoms with van der Waals surface area (Å²) in [6.07, 6.45) is 4.57. The second kappa shape index (κ2) is 10.0. The van der Waals surface area contributed by atoms with E-state index >= 15 is 0 Å². The van der Waals surface area contributed by atoms with Crippen LogP contribution in [0.25, 0.3) is 6.08 Å². The first-order chi connectivity index (χ1) is 17.0. The predicted molar refractivity (Wildman–Crippen MR) is 132 cm³/mol. The number of carbonyl (C=O) groups is 1. The summed E-state index contributed by atoms with van der Waals surface area (Å²) in [6, 6.07) is 19.1. The topological polar surface area (TPSA) is 41.9 Å². The van der Waals surface area contributed by atoms with Crippen LogP contribution >= 0.6 is 11.6 Å². The highest BCUT2D eigenvalue weighted by molar-refractivity contribution is 6.32. The molecule has 1 aliphatic heterocycles. The van der Waals surface area contributed by atoms with Gasteiger partial charge in [-0.15, -0.1) is 0 Å². The smallest absolute Gasteiger partial charge is 0.281 e. The minimum atomic E-state index is -0.370. The summed E-state index contributed by atoms with van der Waals surface area (Å²) in [5.74, 6) is -0.568. The van der Waals surface area contributed by atoms with E-state index < -0.39 is 0 Å². The molecule has 0 bridgehead atoms. The van der Waals surface area contributed by atoms with E-state index in [0.717, 1.165) is 41.7 Å². The molecule has 2 atom stereocenters. The molecule has 3 aromatic carbocycles. The van der Waals surface area contributed by atoms with Crippen LogP contribution in [0.2, 0.25) is 5.02 Å². The fourth-order valence-corrected chi connectivity index (χ4v) is 4.92. The van der Waals surface area contributed by atoms with E-state index in [9.17, 15) is 13.6 Å². The van der Waals surface area contributed by atoms with E-state index in [1.807, 2.05) is 6.08 Å². The largest absolute Gasteiger partial charge is 0.482 e. The second-order valence-corrected chi connectivity index (χ2v) is 9.07. The van der Waals surface area contributed by atoms with Gasteiger partial charge in [0.15, 0.2) is 6.61 Å². The van der Waals surface area contributed by atoms with Crippen molar-refractivity contribution in [1.29, 1.82) is 0 Å². The van der Waals surface area contributed by atoms with E-state index in [4.69, 9.17) is 21.4 Å². The lowest BCUT2D eigenvalue weighted by molar-refractivity contribution is -0.135. The quantitative estimate of drug-likeness (QED) is 0.392. The van der Waals surface area contributed by atoms with Crippen molar-refractivity contribution in [2.24, 2.45) is 11.0 Å². The predicted octanol–water partition coefficient (Wildman–Crippen LogP) is 6.82. The summed E-state index contributed by atoms with van der Waals surface area (Å²) in [4.78, 5) is 13.3. The average Bonchev–Trinajstić information content (AvgIpc) is 3.26. The molecule has 3 aromatic rings. The van der Waals surface area contributed by atoms with Crippen LogP contribution in [0, 0.1) is 17.6 Å².